The van der Waals surface area contributed by atoms with Crippen molar-refractivity contribution < 1.29 is 9.53 Å². The third-order valence-corrected chi connectivity index (χ3v) is 5.58. The lowest BCUT2D eigenvalue weighted by Gasteiger charge is -2.09. The molecule has 4 aromatic rings. The highest BCUT2D eigenvalue weighted by atomic mass is 79.9. The maximum Gasteiger partial charge on any atom is 0.351 e. The van der Waals surface area contributed by atoms with E-state index in [1.807, 2.05) is 51.1 Å². The number of halogens is 1. The van der Waals surface area contributed by atoms with Crippen LogP contribution in [0.15, 0.2) is 58.1 Å². The molecule has 8 nitrogen and oxygen atoms in total. The molecule has 9 heteroatoms. The highest BCUT2D eigenvalue weighted by Gasteiger charge is 2.17. The summed E-state index contributed by atoms with van der Waals surface area (Å²) in [5, 5.41) is 7.07. The molecule has 0 fully saturated rings. The van der Waals surface area contributed by atoms with Crippen LogP contribution in [-0.4, -0.2) is 25.1 Å². The van der Waals surface area contributed by atoms with E-state index in [1.54, 1.807) is 6.07 Å². The molecular weight excluding hydrogens is 462 g/mol. The van der Waals surface area contributed by atoms with E-state index in [2.05, 4.69) is 31.3 Å². The number of ether oxygens (including phenoxy) is 1. The van der Waals surface area contributed by atoms with Gasteiger partial charge in [-0.05, 0) is 71.6 Å². The molecule has 0 saturated carbocycles. The number of carbonyl (C=O) groups excluding carboxylic acids is 1. The van der Waals surface area contributed by atoms with Crippen LogP contribution in [0.1, 0.15) is 16.7 Å². The van der Waals surface area contributed by atoms with E-state index in [0.717, 1.165) is 25.8 Å². The summed E-state index contributed by atoms with van der Waals surface area (Å²) in [5.74, 6) is 0.443. The van der Waals surface area contributed by atoms with Gasteiger partial charge in [-0.25, -0.2) is 18.9 Å². The van der Waals surface area contributed by atoms with Crippen molar-refractivity contribution in [1.29, 1.82) is 0 Å². The highest BCUT2D eigenvalue weighted by Crippen LogP contribution is 2.27. The SMILES string of the molecule is Cc1ccc(NC(=O)Cn2nc3c(Oc4cccc(C)c4C)nccn3c2=O)c(Br)c1. The zero-order chi connectivity index (χ0) is 22.1. The predicted molar refractivity (Wildman–Crippen MR) is 121 cm³/mol. The lowest BCUT2D eigenvalue weighted by Crippen LogP contribution is -2.28. The third-order valence-electron chi connectivity index (χ3n) is 4.92. The van der Waals surface area contributed by atoms with E-state index < -0.39 is 5.69 Å². The fourth-order valence-corrected chi connectivity index (χ4v) is 3.68. The second-order valence-electron chi connectivity index (χ2n) is 7.20. The standard InChI is InChI=1S/C22H20BrN5O3/c1-13-7-8-17(16(23)11-13)25-19(29)12-28-22(30)27-10-9-24-21(20(27)26-28)31-18-6-4-5-14(2)15(18)3/h4-11H,12H2,1-3H3,(H,25,29). The number of carbonyl (C=O) groups is 1. The largest absolute Gasteiger partial charge is 0.436 e. The van der Waals surface area contributed by atoms with Crippen LogP contribution >= 0.6 is 15.9 Å². The van der Waals surface area contributed by atoms with Gasteiger partial charge in [-0.2, -0.15) is 0 Å². The summed E-state index contributed by atoms with van der Waals surface area (Å²) in [6.45, 7) is 5.64. The molecule has 4 rings (SSSR count). The van der Waals surface area contributed by atoms with Crippen LogP contribution in [0, 0.1) is 20.8 Å². The van der Waals surface area contributed by atoms with Crippen molar-refractivity contribution in [2.45, 2.75) is 27.3 Å². The zero-order valence-corrected chi connectivity index (χ0v) is 18.8. The van der Waals surface area contributed by atoms with Crippen LogP contribution in [0.3, 0.4) is 0 Å². The summed E-state index contributed by atoms with van der Waals surface area (Å²) in [4.78, 5) is 29.5. The molecule has 2 heterocycles. The molecule has 0 unspecified atom stereocenters. The molecule has 0 aliphatic heterocycles. The first kappa shape index (κ1) is 20.8. The van der Waals surface area contributed by atoms with Crippen LogP contribution in [0.2, 0.25) is 0 Å². The summed E-state index contributed by atoms with van der Waals surface area (Å²) in [5.41, 5.74) is 3.50. The maximum absolute atomic E-state index is 12.7. The van der Waals surface area contributed by atoms with E-state index in [9.17, 15) is 9.59 Å². The first-order valence-electron chi connectivity index (χ1n) is 9.58. The van der Waals surface area contributed by atoms with Crippen molar-refractivity contribution in [1.82, 2.24) is 19.2 Å². The predicted octanol–water partition coefficient (Wildman–Crippen LogP) is 4.01. The van der Waals surface area contributed by atoms with Gasteiger partial charge >= 0.3 is 5.69 Å². The molecule has 0 atom stereocenters. The van der Waals surface area contributed by atoms with E-state index in [-0.39, 0.29) is 24.0 Å². The van der Waals surface area contributed by atoms with Crippen molar-refractivity contribution in [3.05, 3.63) is 80.4 Å². The van der Waals surface area contributed by atoms with Gasteiger partial charge in [0.25, 0.3) is 5.88 Å². The molecule has 1 amide bonds. The first-order valence-corrected chi connectivity index (χ1v) is 10.4. The molecule has 1 N–H and O–H groups in total. The minimum atomic E-state index is -0.457. The number of anilines is 1. The van der Waals surface area contributed by atoms with Gasteiger partial charge in [0, 0.05) is 16.9 Å². The molecule has 0 saturated heterocycles. The number of aryl methyl sites for hydroxylation is 2. The Bertz CT molecular complexity index is 1360. The summed E-state index contributed by atoms with van der Waals surface area (Å²) in [6.07, 6.45) is 2.95. The number of nitrogens with one attached hydrogen (secondary N) is 1. The van der Waals surface area contributed by atoms with Gasteiger partial charge < -0.3 is 10.1 Å². The monoisotopic (exact) mass is 481 g/mol. The Morgan fingerprint density at radius 3 is 2.77 bits per heavy atom. The summed E-state index contributed by atoms with van der Waals surface area (Å²) >= 11 is 3.43. The average molecular weight is 482 g/mol. The minimum absolute atomic E-state index is 0.189. The molecule has 2 aromatic heterocycles. The molecule has 0 bridgehead atoms. The van der Waals surface area contributed by atoms with Crippen LogP contribution in [0.25, 0.3) is 5.65 Å². The molecular formula is C22H20BrN5O3. The normalized spacial score (nSPS) is 11.0. The number of amides is 1. The molecule has 0 spiro atoms. The van der Waals surface area contributed by atoms with Crippen molar-refractivity contribution in [2.75, 3.05) is 5.32 Å². The number of hydrogen-bond acceptors (Lipinski definition) is 5. The van der Waals surface area contributed by atoms with Crippen molar-refractivity contribution in [3.63, 3.8) is 0 Å². The van der Waals surface area contributed by atoms with Crippen molar-refractivity contribution in [3.8, 4) is 11.6 Å². The molecule has 0 radical (unpaired) electrons. The van der Waals surface area contributed by atoms with E-state index in [0.29, 0.717) is 11.4 Å². The summed E-state index contributed by atoms with van der Waals surface area (Å²) in [7, 11) is 0. The van der Waals surface area contributed by atoms with Crippen LogP contribution in [0.4, 0.5) is 5.69 Å². The van der Waals surface area contributed by atoms with E-state index in [1.165, 1.54) is 16.8 Å². The Kier molecular flexibility index (Phi) is 5.60. The number of hydrogen-bond donors (Lipinski definition) is 1. The van der Waals surface area contributed by atoms with Gasteiger partial charge in [-0.15, -0.1) is 5.10 Å². The van der Waals surface area contributed by atoms with Gasteiger partial charge in [-0.3, -0.25) is 4.79 Å². The zero-order valence-electron chi connectivity index (χ0n) is 17.2. The number of fused-ring (bicyclic) bond motifs is 1. The molecule has 2 aromatic carbocycles. The van der Waals surface area contributed by atoms with Crippen LogP contribution < -0.4 is 15.7 Å². The van der Waals surface area contributed by atoms with Crippen molar-refractivity contribution >= 4 is 33.2 Å². The first-order chi connectivity index (χ1) is 14.8. The van der Waals surface area contributed by atoms with Crippen molar-refractivity contribution in [2.24, 2.45) is 0 Å². The number of benzene rings is 2. The van der Waals surface area contributed by atoms with Crippen LogP contribution in [0.5, 0.6) is 11.6 Å². The Morgan fingerprint density at radius 1 is 1.19 bits per heavy atom. The number of aromatic nitrogens is 4. The van der Waals surface area contributed by atoms with Crippen LogP contribution in [-0.2, 0) is 11.3 Å². The number of rotatable bonds is 5. The minimum Gasteiger partial charge on any atom is -0.436 e. The average Bonchev–Trinajstić information content (AvgIpc) is 3.04. The Balaban J connectivity index is 1.62. The van der Waals surface area contributed by atoms with Gasteiger partial charge in [-0.1, -0.05) is 18.2 Å². The second kappa shape index (κ2) is 8.35. The summed E-state index contributed by atoms with van der Waals surface area (Å²) in [6, 6.07) is 11.3. The second-order valence-corrected chi connectivity index (χ2v) is 8.05. The molecule has 31 heavy (non-hydrogen) atoms. The lowest BCUT2D eigenvalue weighted by atomic mass is 10.1. The molecule has 158 valence electrons. The van der Waals surface area contributed by atoms with Gasteiger partial charge in [0.1, 0.15) is 12.3 Å². The molecule has 0 aliphatic rings. The Labute approximate surface area is 186 Å². The van der Waals surface area contributed by atoms with Gasteiger partial charge in [0.2, 0.25) is 11.6 Å². The van der Waals surface area contributed by atoms with Gasteiger partial charge in [0.15, 0.2) is 0 Å². The lowest BCUT2D eigenvalue weighted by molar-refractivity contribution is -0.117. The Morgan fingerprint density at radius 2 is 2.00 bits per heavy atom. The fraction of sp³-hybridized carbons (Fsp3) is 0.182. The smallest absolute Gasteiger partial charge is 0.351 e. The van der Waals surface area contributed by atoms with E-state index in [4.69, 9.17) is 4.74 Å². The van der Waals surface area contributed by atoms with E-state index >= 15 is 0 Å². The maximum atomic E-state index is 12.7. The van der Waals surface area contributed by atoms with Gasteiger partial charge in [0.05, 0.1) is 5.69 Å². The quantitative estimate of drug-likeness (QED) is 0.464. The third kappa shape index (κ3) is 4.22. The topological polar surface area (TPSA) is 90.5 Å². The Hall–Kier alpha value is -3.46. The molecule has 0 aliphatic carbocycles. The summed E-state index contributed by atoms with van der Waals surface area (Å²) < 4.78 is 9.10. The number of nitrogens with zero attached hydrogens (tertiary/aromatic N) is 4. The highest BCUT2D eigenvalue weighted by molar-refractivity contribution is 9.10. The fourth-order valence-electron chi connectivity index (χ4n) is 3.09.